The number of halogens is 1. The van der Waals surface area contributed by atoms with Crippen molar-refractivity contribution in [3.05, 3.63) is 87.2 Å². The molecule has 0 spiro atoms. The Labute approximate surface area is 217 Å². The summed E-state index contributed by atoms with van der Waals surface area (Å²) in [6, 6.07) is 16.3. The smallest absolute Gasteiger partial charge is 0.252 e. The quantitative estimate of drug-likeness (QED) is 0.393. The number of rotatable bonds is 6. The standard InChI is InChI=1S/C26H21ClN2O7S/c27-19-2-4-20(5-3-19)37(31,32)29(13-16-1-6-22-23(9-16)36-15-35-22)14-18-10-17-11-24-25(34-8-7-33-24)12-21(17)28-26(18)30/h1-6,9-12H,7-8,13-15H2,(H,28,30). The molecular weight excluding hydrogens is 520 g/mol. The molecule has 1 N–H and O–H groups in total. The third kappa shape index (κ3) is 4.59. The van der Waals surface area contributed by atoms with E-state index in [2.05, 4.69) is 4.98 Å². The number of ether oxygens (including phenoxy) is 4. The van der Waals surface area contributed by atoms with Crippen molar-refractivity contribution in [1.29, 1.82) is 0 Å². The molecule has 37 heavy (non-hydrogen) atoms. The Morgan fingerprint density at radius 3 is 2.30 bits per heavy atom. The Morgan fingerprint density at radius 1 is 0.811 bits per heavy atom. The maximum absolute atomic E-state index is 13.7. The van der Waals surface area contributed by atoms with Crippen molar-refractivity contribution in [3.8, 4) is 23.0 Å². The van der Waals surface area contributed by atoms with Gasteiger partial charge >= 0.3 is 0 Å². The van der Waals surface area contributed by atoms with E-state index in [1.165, 1.54) is 28.6 Å². The second-order valence-electron chi connectivity index (χ2n) is 8.62. The van der Waals surface area contributed by atoms with Crippen molar-refractivity contribution in [2.75, 3.05) is 20.0 Å². The van der Waals surface area contributed by atoms with Crippen LogP contribution in [0, 0.1) is 0 Å². The molecule has 11 heteroatoms. The molecule has 1 aromatic heterocycles. The highest BCUT2D eigenvalue weighted by Gasteiger charge is 2.27. The van der Waals surface area contributed by atoms with Gasteiger partial charge in [-0.25, -0.2) is 8.42 Å². The molecule has 3 aromatic carbocycles. The van der Waals surface area contributed by atoms with Crippen molar-refractivity contribution < 1.29 is 27.4 Å². The molecular formula is C26H21ClN2O7S. The second-order valence-corrected chi connectivity index (χ2v) is 11.0. The Balaban J connectivity index is 1.40. The normalized spacial score (nSPS) is 14.3. The third-order valence-electron chi connectivity index (χ3n) is 6.18. The number of nitrogens with one attached hydrogen (secondary N) is 1. The van der Waals surface area contributed by atoms with E-state index in [0.29, 0.717) is 57.7 Å². The lowest BCUT2D eigenvalue weighted by atomic mass is 10.1. The number of hydrogen-bond donors (Lipinski definition) is 1. The van der Waals surface area contributed by atoms with E-state index in [0.717, 1.165) is 0 Å². The number of sulfonamides is 1. The van der Waals surface area contributed by atoms with Crippen LogP contribution in [0.1, 0.15) is 11.1 Å². The van der Waals surface area contributed by atoms with E-state index in [4.69, 9.17) is 30.5 Å². The number of aromatic nitrogens is 1. The molecule has 0 bridgehead atoms. The molecule has 2 aliphatic rings. The van der Waals surface area contributed by atoms with Crippen LogP contribution in [0.2, 0.25) is 5.02 Å². The van der Waals surface area contributed by atoms with Gasteiger partial charge in [-0.1, -0.05) is 17.7 Å². The van der Waals surface area contributed by atoms with Gasteiger partial charge < -0.3 is 23.9 Å². The van der Waals surface area contributed by atoms with Gasteiger partial charge in [0.25, 0.3) is 5.56 Å². The largest absolute Gasteiger partial charge is 0.486 e. The molecule has 0 unspecified atom stereocenters. The number of fused-ring (bicyclic) bond motifs is 3. The van der Waals surface area contributed by atoms with Crippen molar-refractivity contribution in [3.63, 3.8) is 0 Å². The van der Waals surface area contributed by atoms with E-state index < -0.39 is 15.6 Å². The Kier molecular flexibility index (Phi) is 5.94. The van der Waals surface area contributed by atoms with Crippen LogP contribution in [-0.2, 0) is 23.1 Å². The zero-order chi connectivity index (χ0) is 25.6. The molecule has 0 atom stereocenters. The number of H-pyrrole nitrogens is 1. The number of nitrogens with zero attached hydrogens (tertiary/aromatic N) is 1. The SMILES string of the molecule is O=c1[nH]c2cc3c(cc2cc1CN(Cc1ccc2c(c1)OCO2)S(=O)(=O)c1ccc(Cl)cc1)OCCO3. The first-order valence-corrected chi connectivity index (χ1v) is 13.3. The van der Waals surface area contributed by atoms with Crippen molar-refractivity contribution in [1.82, 2.24) is 9.29 Å². The number of hydrogen-bond acceptors (Lipinski definition) is 7. The average molecular weight is 541 g/mol. The van der Waals surface area contributed by atoms with E-state index in [1.54, 1.807) is 36.4 Å². The predicted molar refractivity (Wildman–Crippen MR) is 136 cm³/mol. The predicted octanol–water partition coefficient (Wildman–Crippen LogP) is 4.07. The lowest BCUT2D eigenvalue weighted by Gasteiger charge is -2.23. The summed E-state index contributed by atoms with van der Waals surface area (Å²) in [7, 11) is -4.01. The molecule has 190 valence electrons. The summed E-state index contributed by atoms with van der Waals surface area (Å²) in [6.45, 7) is 0.797. The molecule has 0 aliphatic carbocycles. The highest BCUT2D eigenvalue weighted by Crippen LogP contribution is 2.35. The topological polar surface area (TPSA) is 107 Å². The van der Waals surface area contributed by atoms with E-state index in [9.17, 15) is 13.2 Å². The third-order valence-corrected chi connectivity index (χ3v) is 8.24. The minimum atomic E-state index is -4.01. The molecule has 4 aromatic rings. The lowest BCUT2D eigenvalue weighted by molar-refractivity contribution is 0.172. The summed E-state index contributed by atoms with van der Waals surface area (Å²) in [5.74, 6) is 2.26. The van der Waals surface area contributed by atoms with Crippen LogP contribution >= 0.6 is 11.6 Å². The number of benzene rings is 3. The highest BCUT2D eigenvalue weighted by atomic mass is 35.5. The van der Waals surface area contributed by atoms with Gasteiger partial charge in [0.05, 0.1) is 10.4 Å². The second kappa shape index (κ2) is 9.29. The van der Waals surface area contributed by atoms with Crippen LogP contribution in [0.4, 0.5) is 0 Å². The fourth-order valence-corrected chi connectivity index (χ4v) is 5.85. The van der Waals surface area contributed by atoms with E-state index in [1.807, 2.05) is 0 Å². The van der Waals surface area contributed by atoms with Crippen LogP contribution in [-0.4, -0.2) is 37.7 Å². The maximum atomic E-state index is 13.7. The molecule has 3 heterocycles. The molecule has 0 saturated carbocycles. The Hall–Kier alpha value is -3.73. The fourth-order valence-electron chi connectivity index (χ4n) is 4.32. The van der Waals surface area contributed by atoms with Gasteiger partial charge in [-0.15, -0.1) is 0 Å². The molecule has 0 radical (unpaired) electrons. The lowest BCUT2D eigenvalue weighted by Crippen LogP contribution is -2.32. The van der Waals surface area contributed by atoms with Crippen molar-refractivity contribution in [2.45, 2.75) is 18.0 Å². The molecule has 0 saturated heterocycles. The Morgan fingerprint density at radius 2 is 1.51 bits per heavy atom. The number of aromatic amines is 1. The van der Waals surface area contributed by atoms with Crippen LogP contribution in [0.15, 0.2) is 70.4 Å². The van der Waals surface area contributed by atoms with Crippen LogP contribution in [0.25, 0.3) is 10.9 Å². The van der Waals surface area contributed by atoms with Crippen LogP contribution in [0.3, 0.4) is 0 Å². The summed E-state index contributed by atoms with van der Waals surface area (Å²) in [6.07, 6.45) is 0. The molecule has 9 nitrogen and oxygen atoms in total. The van der Waals surface area contributed by atoms with Crippen LogP contribution < -0.4 is 24.5 Å². The zero-order valence-corrected chi connectivity index (χ0v) is 21.0. The monoisotopic (exact) mass is 540 g/mol. The summed E-state index contributed by atoms with van der Waals surface area (Å²) in [5.41, 5.74) is 1.13. The summed E-state index contributed by atoms with van der Waals surface area (Å²) < 4.78 is 50.8. The Bertz CT molecular complexity index is 1670. The minimum absolute atomic E-state index is 0.000214. The summed E-state index contributed by atoms with van der Waals surface area (Å²) in [4.78, 5) is 16.0. The van der Waals surface area contributed by atoms with Gasteiger partial charge in [0, 0.05) is 35.1 Å². The van der Waals surface area contributed by atoms with Crippen molar-refractivity contribution >= 4 is 32.5 Å². The fraction of sp³-hybridized carbons (Fsp3) is 0.192. The van der Waals surface area contributed by atoms with Crippen LogP contribution in [0.5, 0.6) is 23.0 Å². The van der Waals surface area contributed by atoms with Gasteiger partial charge in [0.2, 0.25) is 16.8 Å². The molecule has 0 amide bonds. The average Bonchev–Trinajstić information content (AvgIpc) is 3.36. The van der Waals surface area contributed by atoms with Gasteiger partial charge in [-0.05, 0) is 54.1 Å². The summed E-state index contributed by atoms with van der Waals surface area (Å²) >= 11 is 5.98. The minimum Gasteiger partial charge on any atom is -0.486 e. The molecule has 6 rings (SSSR count). The first kappa shape index (κ1) is 23.7. The molecule has 2 aliphatic heterocycles. The maximum Gasteiger partial charge on any atom is 0.252 e. The van der Waals surface area contributed by atoms with E-state index >= 15 is 0 Å². The van der Waals surface area contributed by atoms with Gasteiger partial charge in [0.15, 0.2) is 23.0 Å². The first-order chi connectivity index (χ1) is 17.9. The highest BCUT2D eigenvalue weighted by molar-refractivity contribution is 7.89. The first-order valence-electron chi connectivity index (χ1n) is 11.5. The molecule has 0 fully saturated rings. The van der Waals surface area contributed by atoms with E-state index in [-0.39, 0.29) is 30.3 Å². The number of pyridine rings is 1. The van der Waals surface area contributed by atoms with Gasteiger partial charge in [-0.2, -0.15) is 4.31 Å². The van der Waals surface area contributed by atoms with Gasteiger partial charge in [-0.3, -0.25) is 4.79 Å². The zero-order valence-electron chi connectivity index (χ0n) is 19.4. The van der Waals surface area contributed by atoms with Gasteiger partial charge in [0.1, 0.15) is 13.2 Å². The summed E-state index contributed by atoms with van der Waals surface area (Å²) in [5, 5.41) is 1.12. The van der Waals surface area contributed by atoms with Crippen molar-refractivity contribution in [2.24, 2.45) is 0 Å².